The zero-order valence-electron chi connectivity index (χ0n) is 11.7. The second kappa shape index (κ2) is 5.74. The lowest BCUT2D eigenvalue weighted by Gasteiger charge is -2.11. The Morgan fingerprint density at radius 3 is 2.79 bits per heavy atom. The monoisotopic (exact) mass is 279 g/mol. The zero-order valence-corrected chi connectivity index (χ0v) is 12.5. The Balaban J connectivity index is 2.37. The fourth-order valence-corrected chi connectivity index (χ4v) is 2.80. The molecule has 4 nitrogen and oxygen atoms in total. The molecule has 1 unspecified atom stereocenters. The number of hydrogen-bond donors (Lipinski definition) is 1. The first-order valence-corrected chi connectivity index (χ1v) is 8.27. The maximum absolute atomic E-state index is 11.2. The summed E-state index contributed by atoms with van der Waals surface area (Å²) in [5.74, 6) is 2.16. The molecule has 0 aliphatic rings. The fraction of sp³-hybridized carbons (Fsp3) is 0.500. The van der Waals surface area contributed by atoms with Crippen molar-refractivity contribution in [3.8, 4) is 0 Å². The molecule has 0 saturated heterocycles. The Labute approximate surface area is 116 Å². The maximum Gasteiger partial charge on any atom is 0.112 e. The molecule has 0 bridgehead atoms. The van der Waals surface area contributed by atoms with Gasteiger partial charge in [-0.05, 0) is 24.6 Å². The summed E-state index contributed by atoms with van der Waals surface area (Å²) in [6, 6.07) is 5.84. The molecule has 19 heavy (non-hydrogen) atoms. The third-order valence-electron chi connectivity index (χ3n) is 3.13. The van der Waals surface area contributed by atoms with Crippen LogP contribution in [0.4, 0.5) is 5.69 Å². The number of fused-ring (bicyclic) bond motifs is 1. The number of imidazole rings is 1. The average molecular weight is 279 g/mol. The van der Waals surface area contributed by atoms with E-state index in [0.717, 1.165) is 41.3 Å². The quantitative estimate of drug-likeness (QED) is 0.855. The van der Waals surface area contributed by atoms with Gasteiger partial charge in [0.25, 0.3) is 0 Å². The predicted octanol–water partition coefficient (Wildman–Crippen LogP) is 2.51. The number of anilines is 1. The van der Waals surface area contributed by atoms with Crippen molar-refractivity contribution in [2.24, 2.45) is 0 Å². The van der Waals surface area contributed by atoms with E-state index in [1.807, 2.05) is 18.2 Å². The number of nitrogen functional groups attached to an aromatic ring is 1. The second-order valence-electron chi connectivity index (χ2n) is 5.16. The average Bonchev–Trinajstić information content (AvgIpc) is 2.67. The van der Waals surface area contributed by atoms with Crippen molar-refractivity contribution >= 4 is 27.5 Å². The van der Waals surface area contributed by atoms with Crippen LogP contribution >= 0.6 is 0 Å². The van der Waals surface area contributed by atoms with E-state index in [1.165, 1.54) is 0 Å². The molecule has 104 valence electrons. The van der Waals surface area contributed by atoms with E-state index in [4.69, 9.17) is 5.73 Å². The highest BCUT2D eigenvalue weighted by atomic mass is 32.2. The lowest BCUT2D eigenvalue weighted by atomic mass is 10.2. The number of nitrogens with two attached hydrogens (primary N) is 1. The van der Waals surface area contributed by atoms with Crippen molar-refractivity contribution in [1.82, 2.24) is 9.55 Å². The van der Waals surface area contributed by atoms with Crippen molar-refractivity contribution in [2.45, 2.75) is 32.7 Å². The Hall–Kier alpha value is -1.36. The second-order valence-corrected chi connectivity index (χ2v) is 6.71. The van der Waals surface area contributed by atoms with Gasteiger partial charge in [0.05, 0.1) is 11.0 Å². The normalized spacial score (nSPS) is 13.3. The van der Waals surface area contributed by atoms with E-state index in [9.17, 15) is 4.21 Å². The topological polar surface area (TPSA) is 60.9 Å². The molecule has 1 aromatic heterocycles. The van der Waals surface area contributed by atoms with Crippen molar-refractivity contribution in [3.63, 3.8) is 0 Å². The van der Waals surface area contributed by atoms with E-state index in [-0.39, 0.29) is 0 Å². The zero-order chi connectivity index (χ0) is 14.0. The van der Waals surface area contributed by atoms with Crippen LogP contribution in [-0.4, -0.2) is 25.8 Å². The van der Waals surface area contributed by atoms with Crippen molar-refractivity contribution in [1.29, 1.82) is 0 Å². The Bertz CT molecular complexity index is 604. The van der Waals surface area contributed by atoms with Crippen LogP contribution in [0, 0.1) is 0 Å². The van der Waals surface area contributed by atoms with E-state index in [1.54, 1.807) is 6.26 Å². The number of rotatable bonds is 5. The Morgan fingerprint density at radius 1 is 1.42 bits per heavy atom. The molecule has 1 heterocycles. The van der Waals surface area contributed by atoms with Crippen molar-refractivity contribution < 1.29 is 4.21 Å². The highest BCUT2D eigenvalue weighted by Gasteiger charge is 2.13. The molecule has 2 N–H and O–H groups in total. The molecule has 0 radical (unpaired) electrons. The Morgan fingerprint density at radius 2 is 2.16 bits per heavy atom. The molecule has 1 atom stereocenters. The lowest BCUT2D eigenvalue weighted by Crippen LogP contribution is -2.08. The number of nitrogens with zero attached hydrogens (tertiary/aromatic N) is 2. The minimum Gasteiger partial charge on any atom is -0.399 e. The summed E-state index contributed by atoms with van der Waals surface area (Å²) in [7, 11) is -0.736. The summed E-state index contributed by atoms with van der Waals surface area (Å²) in [5.41, 5.74) is 8.60. The molecule has 0 saturated carbocycles. The molecule has 2 aromatic rings. The number of aromatic nitrogens is 2. The van der Waals surface area contributed by atoms with Crippen molar-refractivity contribution in [2.75, 3.05) is 17.7 Å². The van der Waals surface area contributed by atoms with Crippen molar-refractivity contribution in [3.05, 3.63) is 24.0 Å². The van der Waals surface area contributed by atoms with E-state index in [0.29, 0.717) is 5.92 Å². The predicted molar refractivity (Wildman–Crippen MR) is 81.8 cm³/mol. The van der Waals surface area contributed by atoms with Gasteiger partial charge in [0, 0.05) is 41.0 Å². The molecule has 5 heteroatoms. The van der Waals surface area contributed by atoms with Gasteiger partial charge in [0.2, 0.25) is 0 Å². The summed E-state index contributed by atoms with van der Waals surface area (Å²) < 4.78 is 13.4. The highest BCUT2D eigenvalue weighted by Crippen LogP contribution is 2.23. The first kappa shape index (κ1) is 14.1. The van der Waals surface area contributed by atoms with Crippen LogP contribution in [0.25, 0.3) is 11.0 Å². The van der Waals surface area contributed by atoms with Gasteiger partial charge in [-0.1, -0.05) is 13.8 Å². The number of benzene rings is 1. The highest BCUT2D eigenvalue weighted by molar-refractivity contribution is 7.84. The Kier molecular flexibility index (Phi) is 4.24. The molecule has 0 spiro atoms. The van der Waals surface area contributed by atoms with Gasteiger partial charge in [-0.25, -0.2) is 4.98 Å². The SMILES string of the molecule is CC(C)c1nc2cc(N)ccc2n1CCCS(C)=O. The van der Waals surface area contributed by atoms with Gasteiger partial charge in [-0.3, -0.25) is 4.21 Å². The molecular formula is C14H21N3OS. The first-order chi connectivity index (χ1) is 8.99. The van der Waals surface area contributed by atoms with Gasteiger partial charge in [0.15, 0.2) is 0 Å². The first-order valence-electron chi connectivity index (χ1n) is 6.54. The van der Waals surface area contributed by atoms with Crippen LogP contribution < -0.4 is 5.73 Å². The molecule has 1 aromatic carbocycles. The van der Waals surface area contributed by atoms with Crippen LogP contribution in [0.3, 0.4) is 0 Å². The molecular weight excluding hydrogens is 258 g/mol. The number of aryl methyl sites for hydroxylation is 1. The van der Waals surface area contributed by atoms with Crippen LogP contribution in [0.15, 0.2) is 18.2 Å². The van der Waals surface area contributed by atoms with E-state index in [2.05, 4.69) is 23.4 Å². The van der Waals surface area contributed by atoms with Gasteiger partial charge in [-0.2, -0.15) is 0 Å². The summed E-state index contributed by atoms with van der Waals surface area (Å²) in [5, 5.41) is 0. The van der Waals surface area contributed by atoms with Crippen LogP contribution in [0.1, 0.15) is 32.0 Å². The standard InChI is InChI=1S/C14H21N3OS/c1-10(2)14-16-12-9-11(15)5-6-13(12)17(14)7-4-8-19(3)18/h5-6,9-10H,4,7-8,15H2,1-3H3. The molecule has 0 aliphatic heterocycles. The summed E-state index contributed by atoms with van der Waals surface area (Å²) in [6.07, 6.45) is 2.65. The van der Waals surface area contributed by atoms with Crippen LogP contribution in [-0.2, 0) is 17.3 Å². The third-order valence-corrected chi connectivity index (χ3v) is 4.00. The largest absolute Gasteiger partial charge is 0.399 e. The fourth-order valence-electron chi connectivity index (χ4n) is 2.27. The van der Waals surface area contributed by atoms with Gasteiger partial charge >= 0.3 is 0 Å². The number of hydrogen-bond acceptors (Lipinski definition) is 3. The van der Waals surface area contributed by atoms with Gasteiger partial charge in [0.1, 0.15) is 5.82 Å². The maximum atomic E-state index is 11.2. The van der Waals surface area contributed by atoms with Gasteiger partial charge < -0.3 is 10.3 Å². The molecule has 2 rings (SSSR count). The smallest absolute Gasteiger partial charge is 0.112 e. The lowest BCUT2D eigenvalue weighted by molar-refractivity contribution is 0.621. The minimum absolute atomic E-state index is 0.362. The van der Waals surface area contributed by atoms with Crippen LogP contribution in [0.5, 0.6) is 0 Å². The van der Waals surface area contributed by atoms with E-state index >= 15 is 0 Å². The minimum atomic E-state index is -0.736. The third kappa shape index (κ3) is 3.15. The summed E-state index contributed by atoms with van der Waals surface area (Å²) >= 11 is 0. The summed E-state index contributed by atoms with van der Waals surface area (Å²) in [4.78, 5) is 4.68. The van der Waals surface area contributed by atoms with Gasteiger partial charge in [-0.15, -0.1) is 0 Å². The molecule has 0 fully saturated rings. The molecule has 0 aliphatic carbocycles. The molecule has 0 amide bonds. The summed E-state index contributed by atoms with van der Waals surface area (Å²) in [6.45, 7) is 5.13. The van der Waals surface area contributed by atoms with E-state index < -0.39 is 10.8 Å². The van der Waals surface area contributed by atoms with Crippen LogP contribution in [0.2, 0.25) is 0 Å².